The number of nitrogens with one attached hydrogen (secondary N) is 1. The number of hydrogen-bond acceptors (Lipinski definition) is 7. The van der Waals surface area contributed by atoms with Crippen LogP contribution in [0.15, 0.2) is 33.5 Å². The fourth-order valence-electron chi connectivity index (χ4n) is 1.95. The lowest BCUT2D eigenvalue weighted by Gasteiger charge is -2.05. The van der Waals surface area contributed by atoms with Crippen molar-refractivity contribution in [1.29, 1.82) is 0 Å². The van der Waals surface area contributed by atoms with Gasteiger partial charge >= 0.3 is 5.63 Å². The molecule has 7 heteroatoms. The molecule has 0 aliphatic carbocycles. The van der Waals surface area contributed by atoms with E-state index in [2.05, 4.69) is 15.5 Å². The summed E-state index contributed by atoms with van der Waals surface area (Å²) < 4.78 is 10.8. The van der Waals surface area contributed by atoms with Gasteiger partial charge in [-0.05, 0) is 24.6 Å². The van der Waals surface area contributed by atoms with E-state index in [-0.39, 0.29) is 5.63 Å². The molecule has 0 radical (unpaired) electrons. The minimum Gasteiger partial charge on any atom is -0.486 e. The summed E-state index contributed by atoms with van der Waals surface area (Å²) in [6.45, 7) is 2.20. The van der Waals surface area contributed by atoms with Gasteiger partial charge in [-0.2, -0.15) is 0 Å². The number of aryl methyl sites for hydroxylation is 1. The Morgan fingerprint density at radius 1 is 1.33 bits per heavy atom. The van der Waals surface area contributed by atoms with E-state index in [1.54, 1.807) is 13.1 Å². The van der Waals surface area contributed by atoms with Crippen LogP contribution in [-0.2, 0) is 6.61 Å². The molecule has 3 aromatic rings. The van der Waals surface area contributed by atoms with Crippen LogP contribution in [0.25, 0.3) is 11.0 Å². The molecule has 0 fully saturated rings. The average molecular weight is 303 g/mol. The molecule has 0 aliphatic rings. The van der Waals surface area contributed by atoms with Gasteiger partial charge in [-0.3, -0.25) is 0 Å². The Morgan fingerprint density at radius 3 is 2.95 bits per heavy atom. The maximum absolute atomic E-state index is 11.4. The van der Waals surface area contributed by atoms with E-state index < -0.39 is 0 Å². The number of benzene rings is 1. The molecule has 0 spiro atoms. The van der Waals surface area contributed by atoms with Crippen LogP contribution in [0.4, 0.5) is 5.13 Å². The predicted octanol–water partition coefficient (Wildman–Crippen LogP) is 2.57. The van der Waals surface area contributed by atoms with Crippen molar-refractivity contribution < 1.29 is 9.15 Å². The van der Waals surface area contributed by atoms with Crippen molar-refractivity contribution in [1.82, 2.24) is 10.2 Å². The number of nitrogens with zero attached hydrogens (tertiary/aromatic N) is 2. The molecule has 1 N–H and O–H groups in total. The normalized spacial score (nSPS) is 10.8. The molecule has 0 aliphatic heterocycles. The first-order valence-corrected chi connectivity index (χ1v) is 7.15. The molecule has 0 amide bonds. The standard InChI is InChI=1S/C14H13N3O3S/c1-8-5-13(18)20-11-6-9(3-4-10(8)11)19-7-12-16-17-14(15-2)21-12/h3-6H,7H2,1-2H3,(H,15,17). The fraction of sp³-hybridized carbons (Fsp3) is 0.214. The molecular weight excluding hydrogens is 290 g/mol. The second-order valence-electron chi connectivity index (χ2n) is 4.45. The van der Waals surface area contributed by atoms with Crippen molar-refractivity contribution in [2.24, 2.45) is 0 Å². The van der Waals surface area contributed by atoms with Crippen LogP contribution in [0.5, 0.6) is 5.75 Å². The van der Waals surface area contributed by atoms with Crippen LogP contribution in [-0.4, -0.2) is 17.2 Å². The Labute approximate surface area is 124 Å². The Kier molecular flexibility index (Phi) is 3.57. The Balaban J connectivity index is 1.82. The quantitative estimate of drug-likeness (QED) is 0.746. The van der Waals surface area contributed by atoms with Gasteiger partial charge in [0.25, 0.3) is 0 Å². The topological polar surface area (TPSA) is 77.3 Å². The Bertz CT molecular complexity index is 841. The molecule has 21 heavy (non-hydrogen) atoms. The average Bonchev–Trinajstić information content (AvgIpc) is 2.92. The maximum atomic E-state index is 11.4. The Morgan fingerprint density at radius 2 is 2.19 bits per heavy atom. The van der Waals surface area contributed by atoms with Crippen molar-refractivity contribution in [3.8, 4) is 5.75 Å². The monoisotopic (exact) mass is 303 g/mol. The predicted molar refractivity (Wildman–Crippen MR) is 81.0 cm³/mol. The van der Waals surface area contributed by atoms with Crippen molar-refractivity contribution in [3.63, 3.8) is 0 Å². The molecule has 0 unspecified atom stereocenters. The van der Waals surface area contributed by atoms with Crippen LogP contribution in [0.2, 0.25) is 0 Å². The smallest absolute Gasteiger partial charge is 0.336 e. The van der Waals surface area contributed by atoms with E-state index in [1.165, 1.54) is 17.4 Å². The molecule has 2 heterocycles. The van der Waals surface area contributed by atoms with E-state index in [0.29, 0.717) is 17.9 Å². The van der Waals surface area contributed by atoms with E-state index >= 15 is 0 Å². The van der Waals surface area contributed by atoms with Crippen molar-refractivity contribution in [3.05, 3.63) is 45.3 Å². The summed E-state index contributed by atoms with van der Waals surface area (Å²) in [7, 11) is 1.79. The molecule has 3 rings (SSSR count). The lowest BCUT2D eigenvalue weighted by Crippen LogP contribution is -1.99. The van der Waals surface area contributed by atoms with Crippen LogP contribution in [0.1, 0.15) is 10.6 Å². The van der Waals surface area contributed by atoms with Gasteiger partial charge in [0.2, 0.25) is 5.13 Å². The molecule has 108 valence electrons. The molecule has 6 nitrogen and oxygen atoms in total. The first-order valence-electron chi connectivity index (χ1n) is 6.33. The zero-order valence-corrected chi connectivity index (χ0v) is 12.4. The number of anilines is 1. The second-order valence-corrected chi connectivity index (χ2v) is 5.51. The molecule has 0 saturated heterocycles. The highest BCUT2D eigenvalue weighted by atomic mass is 32.1. The van der Waals surface area contributed by atoms with Gasteiger partial charge in [0.15, 0.2) is 5.01 Å². The van der Waals surface area contributed by atoms with Gasteiger partial charge in [0.05, 0.1) is 0 Å². The number of aromatic nitrogens is 2. The van der Waals surface area contributed by atoms with Gasteiger partial charge in [0, 0.05) is 24.6 Å². The SMILES string of the molecule is CNc1nnc(COc2ccc3c(C)cc(=O)oc3c2)s1. The van der Waals surface area contributed by atoms with Crippen LogP contribution < -0.4 is 15.7 Å². The summed E-state index contributed by atoms with van der Waals surface area (Å²) in [5.41, 5.74) is 1.04. The van der Waals surface area contributed by atoms with E-state index in [0.717, 1.165) is 21.1 Å². The summed E-state index contributed by atoms with van der Waals surface area (Å²) in [6, 6.07) is 6.91. The Hall–Kier alpha value is -2.41. The molecule has 0 atom stereocenters. The number of fused-ring (bicyclic) bond motifs is 1. The summed E-state index contributed by atoms with van der Waals surface area (Å²) in [5, 5.41) is 13.3. The number of rotatable bonds is 4. The van der Waals surface area contributed by atoms with Crippen LogP contribution >= 0.6 is 11.3 Å². The van der Waals surface area contributed by atoms with E-state index in [9.17, 15) is 4.79 Å². The summed E-state index contributed by atoms with van der Waals surface area (Å²) >= 11 is 1.43. The van der Waals surface area contributed by atoms with E-state index in [4.69, 9.17) is 9.15 Å². The summed E-state index contributed by atoms with van der Waals surface area (Å²) in [4.78, 5) is 11.4. The van der Waals surface area contributed by atoms with Crippen molar-refractivity contribution in [2.45, 2.75) is 13.5 Å². The highest BCUT2D eigenvalue weighted by Crippen LogP contribution is 2.23. The van der Waals surface area contributed by atoms with Crippen molar-refractivity contribution >= 4 is 27.4 Å². The summed E-state index contributed by atoms with van der Waals surface area (Å²) in [6.07, 6.45) is 0. The largest absolute Gasteiger partial charge is 0.486 e. The van der Waals surface area contributed by atoms with Gasteiger partial charge in [-0.15, -0.1) is 10.2 Å². The second kappa shape index (κ2) is 5.53. The first-order chi connectivity index (χ1) is 10.2. The zero-order chi connectivity index (χ0) is 14.8. The van der Waals surface area contributed by atoms with E-state index in [1.807, 2.05) is 19.1 Å². The third-order valence-corrected chi connectivity index (χ3v) is 3.88. The maximum Gasteiger partial charge on any atom is 0.336 e. The first kappa shape index (κ1) is 13.6. The van der Waals surface area contributed by atoms with Crippen LogP contribution in [0, 0.1) is 6.92 Å². The third-order valence-electron chi connectivity index (χ3n) is 2.97. The third kappa shape index (κ3) is 2.87. The number of ether oxygens (including phenoxy) is 1. The summed E-state index contributed by atoms with van der Waals surface area (Å²) in [5.74, 6) is 0.623. The zero-order valence-electron chi connectivity index (χ0n) is 11.5. The number of hydrogen-bond donors (Lipinski definition) is 1. The molecule has 1 aromatic carbocycles. The van der Waals surface area contributed by atoms with Gasteiger partial charge < -0.3 is 14.5 Å². The van der Waals surface area contributed by atoms with Crippen LogP contribution in [0.3, 0.4) is 0 Å². The highest BCUT2D eigenvalue weighted by molar-refractivity contribution is 7.15. The van der Waals surface area contributed by atoms with Crippen molar-refractivity contribution in [2.75, 3.05) is 12.4 Å². The van der Waals surface area contributed by atoms with Gasteiger partial charge in [-0.1, -0.05) is 11.3 Å². The highest BCUT2D eigenvalue weighted by Gasteiger charge is 2.06. The van der Waals surface area contributed by atoms with Gasteiger partial charge in [-0.25, -0.2) is 4.79 Å². The minimum absolute atomic E-state index is 0.320. The van der Waals surface area contributed by atoms with Gasteiger partial charge in [0.1, 0.15) is 17.9 Å². The minimum atomic E-state index is -0.361. The molecular formula is C14H13N3O3S. The fourth-order valence-corrected chi connectivity index (χ4v) is 2.56. The lowest BCUT2D eigenvalue weighted by molar-refractivity contribution is 0.304. The lowest BCUT2D eigenvalue weighted by atomic mass is 10.1. The molecule has 0 saturated carbocycles. The molecule has 2 aromatic heterocycles. The molecule has 0 bridgehead atoms.